The van der Waals surface area contributed by atoms with Crippen LogP contribution in [0.1, 0.15) is 49.1 Å². The van der Waals surface area contributed by atoms with E-state index in [9.17, 15) is 13.2 Å². The standard InChI is InChI=1S/C24H29ClN2O3S/c1-16-9-12-19(13-10-16)31(29,30)27-21-14-11-18(25)15-20(21)22(17-7-5-4-6-8-17)23(27)24(28)26(2)3/h9-15,17,22-23H,4-8H2,1-3H3. The van der Waals surface area contributed by atoms with Crippen molar-refractivity contribution in [3.63, 3.8) is 0 Å². The highest BCUT2D eigenvalue weighted by Gasteiger charge is 2.51. The van der Waals surface area contributed by atoms with Crippen molar-refractivity contribution in [3.8, 4) is 0 Å². The third-order valence-electron chi connectivity index (χ3n) is 6.61. The summed E-state index contributed by atoms with van der Waals surface area (Å²) in [5.41, 5.74) is 2.42. The first-order valence-electron chi connectivity index (χ1n) is 10.8. The summed E-state index contributed by atoms with van der Waals surface area (Å²) < 4.78 is 29.1. The van der Waals surface area contributed by atoms with Crippen LogP contribution in [0.25, 0.3) is 0 Å². The molecule has 2 unspecified atom stereocenters. The summed E-state index contributed by atoms with van der Waals surface area (Å²) in [6.45, 7) is 1.92. The Labute approximate surface area is 190 Å². The molecular formula is C24H29ClN2O3S. The first-order chi connectivity index (χ1) is 14.7. The maximum Gasteiger partial charge on any atom is 0.265 e. The molecule has 0 radical (unpaired) electrons. The highest BCUT2D eigenvalue weighted by atomic mass is 35.5. The molecule has 1 saturated carbocycles. The molecular weight excluding hydrogens is 432 g/mol. The lowest BCUT2D eigenvalue weighted by atomic mass is 9.74. The van der Waals surface area contributed by atoms with Gasteiger partial charge in [-0.15, -0.1) is 0 Å². The molecule has 2 atom stereocenters. The molecule has 166 valence electrons. The average Bonchev–Trinajstić information content (AvgIpc) is 3.08. The van der Waals surface area contributed by atoms with Gasteiger partial charge in [0.25, 0.3) is 10.0 Å². The van der Waals surface area contributed by atoms with Crippen LogP contribution in [0.2, 0.25) is 5.02 Å². The molecule has 1 amide bonds. The minimum absolute atomic E-state index is 0.194. The van der Waals surface area contributed by atoms with Crippen molar-refractivity contribution in [2.75, 3.05) is 18.4 Å². The fraction of sp³-hybridized carbons (Fsp3) is 0.458. The van der Waals surface area contributed by atoms with Crippen molar-refractivity contribution in [3.05, 3.63) is 58.6 Å². The van der Waals surface area contributed by atoms with Crippen molar-refractivity contribution in [1.29, 1.82) is 0 Å². The van der Waals surface area contributed by atoms with Crippen LogP contribution in [0.3, 0.4) is 0 Å². The highest BCUT2D eigenvalue weighted by Crippen LogP contribution is 2.51. The predicted molar refractivity (Wildman–Crippen MR) is 124 cm³/mol. The van der Waals surface area contributed by atoms with E-state index in [4.69, 9.17) is 11.6 Å². The number of rotatable bonds is 4. The van der Waals surface area contributed by atoms with Crippen LogP contribution >= 0.6 is 11.6 Å². The van der Waals surface area contributed by atoms with Gasteiger partial charge in [0.2, 0.25) is 5.91 Å². The summed E-state index contributed by atoms with van der Waals surface area (Å²) in [6.07, 6.45) is 5.37. The molecule has 1 heterocycles. The molecule has 0 aromatic heterocycles. The maximum atomic E-state index is 13.9. The number of hydrogen-bond donors (Lipinski definition) is 0. The molecule has 2 aromatic rings. The zero-order valence-electron chi connectivity index (χ0n) is 18.2. The first kappa shape index (κ1) is 22.2. The molecule has 0 bridgehead atoms. The number of benzene rings is 2. The number of nitrogens with zero attached hydrogens (tertiary/aromatic N) is 2. The molecule has 2 aliphatic rings. The Kier molecular flexibility index (Phi) is 6.05. The second-order valence-electron chi connectivity index (χ2n) is 8.92. The smallest absolute Gasteiger partial charge is 0.265 e. The second-order valence-corrected chi connectivity index (χ2v) is 11.2. The van der Waals surface area contributed by atoms with Crippen molar-refractivity contribution >= 4 is 33.2 Å². The normalized spacial score (nSPS) is 21.7. The number of likely N-dealkylation sites (N-methyl/N-ethyl adjacent to an activating group) is 1. The Morgan fingerprint density at radius 1 is 1.03 bits per heavy atom. The molecule has 7 heteroatoms. The number of carbonyl (C=O) groups excluding carboxylic acids is 1. The summed E-state index contributed by atoms with van der Waals surface area (Å²) in [4.78, 5) is 15.2. The lowest BCUT2D eigenvalue weighted by Gasteiger charge is -2.35. The summed E-state index contributed by atoms with van der Waals surface area (Å²) in [6, 6.07) is 11.3. The van der Waals surface area contributed by atoms with Crippen molar-refractivity contribution < 1.29 is 13.2 Å². The molecule has 5 nitrogen and oxygen atoms in total. The number of halogens is 1. The predicted octanol–water partition coefficient (Wildman–Crippen LogP) is 4.98. The van der Waals surface area contributed by atoms with E-state index in [-0.39, 0.29) is 22.6 Å². The van der Waals surface area contributed by atoms with Gasteiger partial charge < -0.3 is 4.90 Å². The van der Waals surface area contributed by atoms with E-state index in [1.807, 2.05) is 13.0 Å². The van der Waals surface area contributed by atoms with E-state index in [1.165, 1.54) is 15.6 Å². The van der Waals surface area contributed by atoms with E-state index < -0.39 is 16.1 Å². The van der Waals surface area contributed by atoms with Gasteiger partial charge in [-0.05, 0) is 61.6 Å². The molecule has 0 spiro atoms. The van der Waals surface area contributed by atoms with Crippen molar-refractivity contribution in [2.24, 2.45) is 5.92 Å². The monoisotopic (exact) mass is 460 g/mol. The number of anilines is 1. The minimum atomic E-state index is -3.94. The number of sulfonamides is 1. The fourth-order valence-electron chi connectivity index (χ4n) is 5.09. The van der Waals surface area contributed by atoms with E-state index >= 15 is 0 Å². The van der Waals surface area contributed by atoms with Crippen LogP contribution in [-0.2, 0) is 14.8 Å². The molecule has 2 aromatic carbocycles. The van der Waals surface area contributed by atoms with Gasteiger partial charge in [-0.25, -0.2) is 8.42 Å². The third kappa shape index (κ3) is 3.96. The highest BCUT2D eigenvalue weighted by molar-refractivity contribution is 7.93. The molecule has 4 rings (SSSR count). The number of fused-ring (bicyclic) bond motifs is 1. The van der Waals surface area contributed by atoms with Gasteiger partial charge in [-0.3, -0.25) is 9.10 Å². The molecule has 1 aliphatic carbocycles. The number of amides is 1. The van der Waals surface area contributed by atoms with E-state index in [2.05, 4.69) is 0 Å². The first-order valence-corrected chi connectivity index (χ1v) is 12.7. The van der Waals surface area contributed by atoms with Crippen LogP contribution in [0.4, 0.5) is 5.69 Å². The molecule has 1 fully saturated rings. The van der Waals surface area contributed by atoms with Gasteiger partial charge in [-0.1, -0.05) is 48.6 Å². The lowest BCUT2D eigenvalue weighted by Crippen LogP contribution is -2.50. The van der Waals surface area contributed by atoms with Gasteiger partial charge in [0.05, 0.1) is 10.6 Å². The van der Waals surface area contributed by atoms with Crippen molar-refractivity contribution in [1.82, 2.24) is 4.90 Å². The maximum absolute atomic E-state index is 13.9. The summed E-state index contributed by atoms with van der Waals surface area (Å²) in [5.74, 6) is -0.152. The van der Waals surface area contributed by atoms with E-state index in [1.54, 1.807) is 50.5 Å². The average molecular weight is 461 g/mol. The molecule has 1 aliphatic heterocycles. The topological polar surface area (TPSA) is 57.7 Å². The number of carbonyl (C=O) groups is 1. The number of hydrogen-bond acceptors (Lipinski definition) is 3. The van der Waals surface area contributed by atoms with Crippen LogP contribution < -0.4 is 4.31 Å². The van der Waals surface area contributed by atoms with Gasteiger partial charge in [0, 0.05) is 25.0 Å². The van der Waals surface area contributed by atoms with Gasteiger partial charge in [-0.2, -0.15) is 0 Å². The van der Waals surface area contributed by atoms with Crippen LogP contribution in [0.15, 0.2) is 47.4 Å². The molecule has 0 N–H and O–H groups in total. The second kappa shape index (κ2) is 8.47. The summed E-state index contributed by atoms with van der Waals surface area (Å²) in [7, 11) is -0.563. The SMILES string of the molecule is Cc1ccc(S(=O)(=O)N2c3ccc(Cl)cc3C(C3CCCCC3)C2C(=O)N(C)C)cc1. The Balaban J connectivity index is 1.91. The van der Waals surface area contributed by atoms with Crippen LogP contribution in [0, 0.1) is 12.8 Å². The molecule has 31 heavy (non-hydrogen) atoms. The van der Waals surface area contributed by atoms with E-state index in [0.717, 1.165) is 36.8 Å². The van der Waals surface area contributed by atoms with Crippen LogP contribution in [0.5, 0.6) is 0 Å². The largest absolute Gasteiger partial charge is 0.347 e. The van der Waals surface area contributed by atoms with Crippen LogP contribution in [-0.4, -0.2) is 39.4 Å². The Bertz CT molecular complexity index is 1080. The summed E-state index contributed by atoms with van der Waals surface area (Å²) in [5, 5.41) is 0.560. The zero-order valence-corrected chi connectivity index (χ0v) is 19.8. The Morgan fingerprint density at radius 3 is 2.29 bits per heavy atom. The van der Waals surface area contributed by atoms with E-state index in [0.29, 0.717) is 10.7 Å². The number of aryl methyl sites for hydroxylation is 1. The fourth-order valence-corrected chi connectivity index (χ4v) is 6.92. The lowest BCUT2D eigenvalue weighted by molar-refractivity contribution is -0.130. The minimum Gasteiger partial charge on any atom is -0.347 e. The quantitative estimate of drug-likeness (QED) is 0.646. The summed E-state index contributed by atoms with van der Waals surface area (Å²) >= 11 is 6.35. The molecule has 0 saturated heterocycles. The van der Waals surface area contributed by atoms with Gasteiger partial charge in [0.1, 0.15) is 6.04 Å². The van der Waals surface area contributed by atoms with Gasteiger partial charge in [0.15, 0.2) is 0 Å². The van der Waals surface area contributed by atoms with Gasteiger partial charge >= 0.3 is 0 Å². The third-order valence-corrected chi connectivity index (χ3v) is 8.65. The van der Waals surface area contributed by atoms with Crippen molar-refractivity contribution in [2.45, 2.75) is 55.9 Å². The Morgan fingerprint density at radius 2 is 1.68 bits per heavy atom. The zero-order chi connectivity index (χ0) is 22.3. The Hall–Kier alpha value is -2.05.